The number of rotatable bonds is 6. The first-order valence-electron chi connectivity index (χ1n) is 7.10. The molecule has 1 atom stereocenters. The summed E-state index contributed by atoms with van der Waals surface area (Å²) in [5.74, 6) is -1.75. The third kappa shape index (κ3) is 6.11. The standard InChI is InChI=1S/C16H14F3NO4S/c1-10(13-3-2-8-25-13)20-14(21)9-23-15(22)11-4-6-12(7-5-11)24-16(17,18)19/h2-8,10H,9H2,1H3,(H,20,21)/t10-/m0/s1. The zero-order chi connectivity index (χ0) is 18.4. The SMILES string of the molecule is C[C@H](NC(=O)COC(=O)c1ccc(OC(F)(F)F)cc1)c1cccs1. The van der Waals surface area contributed by atoms with Crippen LogP contribution in [-0.2, 0) is 9.53 Å². The van der Waals surface area contributed by atoms with Crippen LogP contribution in [0.3, 0.4) is 0 Å². The Hall–Kier alpha value is -2.55. The molecule has 0 bridgehead atoms. The van der Waals surface area contributed by atoms with Crippen molar-refractivity contribution >= 4 is 23.2 Å². The second kappa shape index (κ2) is 8.02. The summed E-state index contributed by atoms with van der Waals surface area (Å²) >= 11 is 1.48. The summed E-state index contributed by atoms with van der Waals surface area (Å²) in [6, 6.07) is 7.73. The first-order valence-corrected chi connectivity index (χ1v) is 7.98. The van der Waals surface area contributed by atoms with Gasteiger partial charge in [0, 0.05) is 4.88 Å². The van der Waals surface area contributed by atoms with Crippen molar-refractivity contribution < 1.29 is 32.2 Å². The fourth-order valence-corrected chi connectivity index (χ4v) is 2.63. The second-order valence-corrected chi connectivity index (χ2v) is 5.93. The zero-order valence-electron chi connectivity index (χ0n) is 13.0. The van der Waals surface area contributed by atoms with Crippen LogP contribution < -0.4 is 10.1 Å². The summed E-state index contributed by atoms with van der Waals surface area (Å²) in [5.41, 5.74) is 0.00799. The molecule has 2 rings (SSSR count). The Kier molecular flexibility index (Phi) is 6.02. The Labute approximate surface area is 145 Å². The number of halogens is 3. The number of thiophene rings is 1. The molecule has 0 radical (unpaired) electrons. The summed E-state index contributed by atoms with van der Waals surface area (Å²) in [6.45, 7) is 1.31. The van der Waals surface area contributed by atoms with Crippen LogP contribution in [0.2, 0.25) is 0 Å². The van der Waals surface area contributed by atoms with Crippen LogP contribution >= 0.6 is 11.3 Å². The Morgan fingerprint density at radius 1 is 1.20 bits per heavy atom. The molecule has 0 aliphatic heterocycles. The number of carbonyl (C=O) groups is 2. The van der Waals surface area contributed by atoms with Crippen molar-refractivity contribution in [1.29, 1.82) is 0 Å². The van der Waals surface area contributed by atoms with Crippen LogP contribution in [0.1, 0.15) is 28.2 Å². The summed E-state index contributed by atoms with van der Waals surface area (Å²) in [6.07, 6.45) is -4.81. The molecule has 0 aliphatic carbocycles. The lowest BCUT2D eigenvalue weighted by Crippen LogP contribution is -2.30. The van der Waals surface area contributed by atoms with Gasteiger partial charge in [-0.3, -0.25) is 4.79 Å². The molecular weight excluding hydrogens is 359 g/mol. The fourth-order valence-electron chi connectivity index (χ4n) is 1.90. The maximum Gasteiger partial charge on any atom is 0.573 e. The Morgan fingerprint density at radius 3 is 2.44 bits per heavy atom. The van der Waals surface area contributed by atoms with E-state index in [9.17, 15) is 22.8 Å². The van der Waals surface area contributed by atoms with Crippen LogP contribution in [-0.4, -0.2) is 24.8 Å². The smallest absolute Gasteiger partial charge is 0.452 e. The lowest BCUT2D eigenvalue weighted by atomic mass is 10.2. The van der Waals surface area contributed by atoms with Gasteiger partial charge in [0.25, 0.3) is 5.91 Å². The molecule has 0 unspecified atom stereocenters. The van der Waals surface area contributed by atoms with E-state index in [0.717, 1.165) is 29.1 Å². The summed E-state index contributed by atoms with van der Waals surface area (Å²) in [4.78, 5) is 24.5. The van der Waals surface area contributed by atoms with E-state index in [4.69, 9.17) is 4.74 Å². The molecular formula is C16H14F3NO4S. The third-order valence-corrected chi connectivity index (χ3v) is 4.06. The molecule has 1 N–H and O–H groups in total. The van der Waals surface area contributed by atoms with Crippen molar-refractivity contribution in [3.63, 3.8) is 0 Å². The molecule has 134 valence electrons. The van der Waals surface area contributed by atoms with Gasteiger partial charge in [-0.05, 0) is 42.6 Å². The van der Waals surface area contributed by atoms with Gasteiger partial charge < -0.3 is 14.8 Å². The Morgan fingerprint density at radius 2 is 1.88 bits per heavy atom. The molecule has 1 heterocycles. The van der Waals surface area contributed by atoms with Crippen LogP contribution in [0.4, 0.5) is 13.2 Å². The van der Waals surface area contributed by atoms with Gasteiger partial charge in [-0.15, -0.1) is 24.5 Å². The van der Waals surface area contributed by atoms with E-state index in [2.05, 4.69) is 10.1 Å². The van der Waals surface area contributed by atoms with E-state index < -0.39 is 30.6 Å². The molecule has 0 saturated heterocycles. The highest BCUT2D eigenvalue weighted by Crippen LogP contribution is 2.23. The topological polar surface area (TPSA) is 64.6 Å². The van der Waals surface area contributed by atoms with Crippen molar-refractivity contribution in [1.82, 2.24) is 5.32 Å². The van der Waals surface area contributed by atoms with Crippen LogP contribution in [0.5, 0.6) is 5.75 Å². The maximum absolute atomic E-state index is 12.1. The largest absolute Gasteiger partial charge is 0.573 e. The van der Waals surface area contributed by atoms with Crippen molar-refractivity contribution in [2.75, 3.05) is 6.61 Å². The van der Waals surface area contributed by atoms with Gasteiger partial charge in [0.1, 0.15) is 5.75 Å². The molecule has 9 heteroatoms. The quantitative estimate of drug-likeness (QED) is 0.785. The Balaban J connectivity index is 1.82. The van der Waals surface area contributed by atoms with Crippen molar-refractivity contribution in [2.45, 2.75) is 19.3 Å². The number of amides is 1. The van der Waals surface area contributed by atoms with E-state index in [-0.39, 0.29) is 11.6 Å². The van der Waals surface area contributed by atoms with Crippen LogP contribution in [0.25, 0.3) is 0 Å². The molecule has 0 fully saturated rings. The van der Waals surface area contributed by atoms with Gasteiger partial charge in [0.2, 0.25) is 0 Å². The summed E-state index contributed by atoms with van der Waals surface area (Å²) in [5, 5.41) is 4.55. The van der Waals surface area contributed by atoms with Crippen molar-refractivity contribution in [2.24, 2.45) is 0 Å². The predicted octanol–water partition coefficient (Wildman–Crippen LogP) is 3.68. The maximum atomic E-state index is 12.1. The normalized spacial score (nSPS) is 12.3. The van der Waals surface area contributed by atoms with Gasteiger partial charge in [-0.1, -0.05) is 6.07 Å². The first kappa shape index (κ1) is 18.8. The minimum absolute atomic E-state index is 0.00799. The number of ether oxygens (including phenoxy) is 2. The minimum atomic E-state index is -4.81. The second-order valence-electron chi connectivity index (χ2n) is 4.95. The van der Waals surface area contributed by atoms with Crippen molar-refractivity contribution in [3.05, 3.63) is 52.2 Å². The zero-order valence-corrected chi connectivity index (χ0v) is 13.8. The van der Waals surface area contributed by atoms with Crippen LogP contribution in [0.15, 0.2) is 41.8 Å². The monoisotopic (exact) mass is 373 g/mol. The highest BCUT2D eigenvalue weighted by Gasteiger charge is 2.31. The molecule has 2 aromatic rings. The molecule has 1 amide bonds. The average Bonchev–Trinajstić information content (AvgIpc) is 3.06. The number of esters is 1. The minimum Gasteiger partial charge on any atom is -0.452 e. The molecule has 0 spiro atoms. The number of hydrogen-bond donors (Lipinski definition) is 1. The first-order chi connectivity index (χ1) is 11.7. The van der Waals surface area contributed by atoms with Crippen LogP contribution in [0, 0.1) is 0 Å². The molecule has 25 heavy (non-hydrogen) atoms. The Bertz CT molecular complexity index is 714. The number of carbonyl (C=O) groups excluding carboxylic acids is 2. The van der Waals surface area contributed by atoms with Gasteiger partial charge in [0.05, 0.1) is 11.6 Å². The molecule has 0 saturated carbocycles. The van der Waals surface area contributed by atoms with Gasteiger partial charge in [-0.25, -0.2) is 4.79 Å². The highest BCUT2D eigenvalue weighted by atomic mass is 32.1. The summed E-state index contributed by atoms with van der Waals surface area (Å²) in [7, 11) is 0. The van der Waals surface area contributed by atoms with E-state index in [0.29, 0.717) is 0 Å². The number of benzene rings is 1. The van der Waals surface area contributed by atoms with Crippen molar-refractivity contribution in [3.8, 4) is 5.75 Å². The highest BCUT2D eigenvalue weighted by molar-refractivity contribution is 7.10. The van der Waals surface area contributed by atoms with E-state index in [1.807, 2.05) is 17.5 Å². The molecule has 1 aromatic carbocycles. The average molecular weight is 373 g/mol. The number of nitrogens with one attached hydrogen (secondary N) is 1. The van der Waals surface area contributed by atoms with E-state index in [1.165, 1.54) is 11.3 Å². The third-order valence-electron chi connectivity index (χ3n) is 3.01. The summed E-state index contributed by atoms with van der Waals surface area (Å²) < 4.78 is 44.7. The molecule has 5 nitrogen and oxygen atoms in total. The van der Waals surface area contributed by atoms with E-state index >= 15 is 0 Å². The predicted molar refractivity (Wildman–Crippen MR) is 84.3 cm³/mol. The van der Waals surface area contributed by atoms with Gasteiger partial charge in [-0.2, -0.15) is 0 Å². The van der Waals surface area contributed by atoms with Gasteiger partial charge >= 0.3 is 12.3 Å². The molecule has 0 aliphatic rings. The lowest BCUT2D eigenvalue weighted by molar-refractivity contribution is -0.274. The number of alkyl halides is 3. The van der Waals surface area contributed by atoms with Gasteiger partial charge in [0.15, 0.2) is 6.61 Å². The molecule has 1 aromatic heterocycles. The lowest BCUT2D eigenvalue weighted by Gasteiger charge is -2.12. The fraction of sp³-hybridized carbons (Fsp3) is 0.250. The van der Waals surface area contributed by atoms with E-state index in [1.54, 1.807) is 6.92 Å². The number of hydrogen-bond acceptors (Lipinski definition) is 5.